The van der Waals surface area contributed by atoms with Crippen LogP contribution in [0.2, 0.25) is 0 Å². The molecule has 0 saturated carbocycles. The standard InChI is InChI=1S/C24H17N3O2S2/c25-21-16-12-13-18(20-11-6-14-30-20)27-24(16)31-22(21)23(28)26-17-9-4-5-10-19(17)29-15-7-2-1-3-8-15/h1-14H,25H2,(H,26,28). The van der Waals surface area contributed by atoms with Gasteiger partial charge in [0.15, 0.2) is 5.75 Å². The molecule has 0 aliphatic heterocycles. The summed E-state index contributed by atoms with van der Waals surface area (Å²) >= 11 is 2.91. The van der Waals surface area contributed by atoms with Crippen LogP contribution in [0.4, 0.5) is 11.4 Å². The summed E-state index contributed by atoms with van der Waals surface area (Å²) in [4.78, 5) is 20.0. The van der Waals surface area contributed by atoms with E-state index in [-0.39, 0.29) is 5.91 Å². The van der Waals surface area contributed by atoms with E-state index in [0.29, 0.717) is 27.8 Å². The fourth-order valence-corrected chi connectivity index (χ4v) is 4.87. The summed E-state index contributed by atoms with van der Waals surface area (Å²) in [6.45, 7) is 0. The van der Waals surface area contributed by atoms with Gasteiger partial charge in [0, 0.05) is 5.39 Å². The third-order valence-corrected chi connectivity index (χ3v) is 6.69. The highest BCUT2D eigenvalue weighted by Crippen LogP contribution is 2.36. The number of fused-ring (bicyclic) bond motifs is 1. The molecule has 152 valence electrons. The lowest BCUT2D eigenvalue weighted by atomic mass is 10.2. The molecule has 5 rings (SSSR count). The van der Waals surface area contributed by atoms with Crippen molar-refractivity contribution >= 4 is 50.2 Å². The Labute approximate surface area is 186 Å². The molecule has 0 unspecified atom stereocenters. The number of carbonyl (C=O) groups excluding carboxylic acids is 1. The van der Waals surface area contributed by atoms with Crippen molar-refractivity contribution in [2.75, 3.05) is 11.1 Å². The van der Waals surface area contributed by atoms with Crippen molar-refractivity contribution in [2.24, 2.45) is 0 Å². The third-order valence-electron chi connectivity index (χ3n) is 4.68. The van der Waals surface area contributed by atoms with Crippen LogP contribution in [-0.2, 0) is 0 Å². The Morgan fingerprint density at radius 3 is 2.55 bits per heavy atom. The maximum atomic E-state index is 13.1. The number of amides is 1. The van der Waals surface area contributed by atoms with E-state index in [2.05, 4.69) is 5.32 Å². The van der Waals surface area contributed by atoms with Gasteiger partial charge in [-0.3, -0.25) is 4.79 Å². The van der Waals surface area contributed by atoms with Crippen LogP contribution in [0, 0.1) is 0 Å². The van der Waals surface area contributed by atoms with Crippen molar-refractivity contribution in [3.63, 3.8) is 0 Å². The molecule has 5 aromatic rings. The number of anilines is 2. The monoisotopic (exact) mass is 443 g/mol. The first-order valence-corrected chi connectivity index (χ1v) is 11.2. The third kappa shape index (κ3) is 3.88. The average Bonchev–Trinajstić information content (AvgIpc) is 3.44. The molecule has 0 bridgehead atoms. The van der Waals surface area contributed by atoms with Gasteiger partial charge in [0.1, 0.15) is 15.5 Å². The summed E-state index contributed by atoms with van der Waals surface area (Å²) in [6.07, 6.45) is 0. The number of nitrogens with one attached hydrogen (secondary N) is 1. The summed E-state index contributed by atoms with van der Waals surface area (Å²) in [5, 5.41) is 5.73. The largest absolute Gasteiger partial charge is 0.455 e. The van der Waals surface area contributed by atoms with Gasteiger partial charge in [-0.05, 0) is 47.8 Å². The lowest BCUT2D eigenvalue weighted by molar-refractivity contribution is 0.103. The number of pyridine rings is 1. The van der Waals surface area contributed by atoms with Crippen LogP contribution in [0.3, 0.4) is 0 Å². The molecule has 0 aliphatic carbocycles. The summed E-state index contributed by atoms with van der Waals surface area (Å²) in [5.74, 6) is 0.956. The Morgan fingerprint density at radius 2 is 1.74 bits per heavy atom. The number of rotatable bonds is 5. The Bertz CT molecular complexity index is 1360. The van der Waals surface area contributed by atoms with Gasteiger partial charge in [0.2, 0.25) is 0 Å². The molecule has 7 heteroatoms. The number of para-hydroxylation sites is 3. The highest BCUT2D eigenvalue weighted by Gasteiger charge is 2.19. The number of aromatic nitrogens is 1. The topological polar surface area (TPSA) is 77.2 Å². The Balaban J connectivity index is 1.44. The summed E-state index contributed by atoms with van der Waals surface area (Å²) < 4.78 is 5.94. The van der Waals surface area contributed by atoms with Crippen molar-refractivity contribution < 1.29 is 9.53 Å². The van der Waals surface area contributed by atoms with Gasteiger partial charge in [0.05, 0.1) is 21.9 Å². The molecular formula is C24H17N3O2S2. The lowest BCUT2D eigenvalue weighted by Gasteiger charge is -2.12. The number of thiophene rings is 2. The Kier molecular flexibility index (Phi) is 5.11. The molecule has 1 amide bonds. The summed E-state index contributed by atoms with van der Waals surface area (Å²) in [6, 6.07) is 24.6. The zero-order valence-electron chi connectivity index (χ0n) is 16.2. The first kappa shape index (κ1) is 19.3. The first-order valence-electron chi connectivity index (χ1n) is 9.55. The molecule has 0 saturated heterocycles. The second kappa shape index (κ2) is 8.22. The number of nitrogen functional groups attached to an aromatic ring is 1. The van der Waals surface area contributed by atoms with Crippen molar-refractivity contribution in [1.82, 2.24) is 4.98 Å². The van der Waals surface area contributed by atoms with E-state index in [1.807, 2.05) is 78.2 Å². The Hall–Kier alpha value is -3.68. The quantitative estimate of drug-likeness (QED) is 0.319. The van der Waals surface area contributed by atoms with E-state index in [0.717, 1.165) is 20.8 Å². The molecule has 0 spiro atoms. The van der Waals surface area contributed by atoms with E-state index in [9.17, 15) is 4.79 Å². The van der Waals surface area contributed by atoms with Crippen LogP contribution < -0.4 is 15.8 Å². The molecule has 0 fully saturated rings. The predicted molar refractivity (Wildman–Crippen MR) is 128 cm³/mol. The zero-order chi connectivity index (χ0) is 21.2. The number of nitrogens with zero attached hydrogens (tertiary/aromatic N) is 1. The fraction of sp³-hybridized carbons (Fsp3) is 0. The van der Waals surface area contributed by atoms with Crippen LogP contribution in [-0.4, -0.2) is 10.9 Å². The van der Waals surface area contributed by atoms with Gasteiger partial charge in [-0.2, -0.15) is 0 Å². The normalized spacial score (nSPS) is 10.8. The molecule has 5 nitrogen and oxygen atoms in total. The molecule has 0 radical (unpaired) electrons. The van der Waals surface area contributed by atoms with Crippen LogP contribution in [0.5, 0.6) is 11.5 Å². The van der Waals surface area contributed by atoms with E-state index in [1.54, 1.807) is 17.4 Å². The van der Waals surface area contributed by atoms with Gasteiger partial charge in [-0.1, -0.05) is 36.4 Å². The fourth-order valence-electron chi connectivity index (χ4n) is 3.18. The number of benzene rings is 2. The second-order valence-electron chi connectivity index (χ2n) is 6.74. The van der Waals surface area contributed by atoms with Crippen LogP contribution in [0.15, 0.2) is 84.2 Å². The van der Waals surface area contributed by atoms with Gasteiger partial charge in [0.25, 0.3) is 5.91 Å². The second-order valence-corrected chi connectivity index (χ2v) is 8.68. The zero-order valence-corrected chi connectivity index (χ0v) is 17.9. The minimum absolute atomic E-state index is 0.290. The van der Waals surface area contributed by atoms with E-state index < -0.39 is 0 Å². The van der Waals surface area contributed by atoms with E-state index in [1.165, 1.54) is 11.3 Å². The Morgan fingerprint density at radius 1 is 0.935 bits per heavy atom. The molecule has 31 heavy (non-hydrogen) atoms. The number of ether oxygens (including phenoxy) is 1. The predicted octanol–water partition coefficient (Wildman–Crippen LogP) is 6.65. The highest BCUT2D eigenvalue weighted by atomic mass is 32.1. The van der Waals surface area contributed by atoms with Crippen LogP contribution >= 0.6 is 22.7 Å². The van der Waals surface area contributed by atoms with Crippen molar-refractivity contribution in [3.8, 4) is 22.1 Å². The van der Waals surface area contributed by atoms with Crippen molar-refractivity contribution in [1.29, 1.82) is 0 Å². The van der Waals surface area contributed by atoms with Crippen molar-refractivity contribution in [2.45, 2.75) is 0 Å². The van der Waals surface area contributed by atoms with Crippen molar-refractivity contribution in [3.05, 3.63) is 89.1 Å². The molecule has 3 N–H and O–H groups in total. The summed E-state index contributed by atoms with van der Waals surface area (Å²) in [7, 11) is 0. The highest BCUT2D eigenvalue weighted by molar-refractivity contribution is 7.21. The molecule has 3 heterocycles. The first-order chi connectivity index (χ1) is 15.2. The lowest BCUT2D eigenvalue weighted by Crippen LogP contribution is -2.12. The average molecular weight is 444 g/mol. The molecule has 2 aromatic carbocycles. The maximum Gasteiger partial charge on any atom is 0.268 e. The van der Waals surface area contributed by atoms with Gasteiger partial charge in [-0.15, -0.1) is 22.7 Å². The number of hydrogen-bond acceptors (Lipinski definition) is 6. The minimum atomic E-state index is -0.290. The molecular weight excluding hydrogens is 426 g/mol. The van der Waals surface area contributed by atoms with Crippen LogP contribution in [0.1, 0.15) is 9.67 Å². The van der Waals surface area contributed by atoms with Gasteiger partial charge in [-0.25, -0.2) is 4.98 Å². The van der Waals surface area contributed by atoms with E-state index >= 15 is 0 Å². The molecule has 0 aliphatic rings. The SMILES string of the molecule is Nc1c(C(=O)Nc2ccccc2Oc2ccccc2)sc2nc(-c3cccs3)ccc12. The number of nitrogens with two attached hydrogens (primary N) is 1. The smallest absolute Gasteiger partial charge is 0.268 e. The van der Waals surface area contributed by atoms with Gasteiger partial charge >= 0.3 is 0 Å². The van der Waals surface area contributed by atoms with E-state index in [4.69, 9.17) is 15.5 Å². The summed E-state index contributed by atoms with van der Waals surface area (Å²) in [5.41, 5.74) is 8.18. The number of hydrogen-bond donors (Lipinski definition) is 2. The molecule has 0 atom stereocenters. The maximum absolute atomic E-state index is 13.1. The van der Waals surface area contributed by atoms with Gasteiger partial charge < -0.3 is 15.8 Å². The van der Waals surface area contributed by atoms with Crippen LogP contribution in [0.25, 0.3) is 20.8 Å². The number of carbonyl (C=O) groups is 1. The molecule has 3 aromatic heterocycles. The minimum Gasteiger partial charge on any atom is -0.455 e.